The summed E-state index contributed by atoms with van der Waals surface area (Å²) in [5.41, 5.74) is 2.77. The summed E-state index contributed by atoms with van der Waals surface area (Å²) in [7, 11) is 2.33. The second-order valence-electron chi connectivity index (χ2n) is 6.57. The van der Waals surface area contributed by atoms with E-state index in [0.29, 0.717) is 0 Å². The van der Waals surface area contributed by atoms with Gasteiger partial charge in [-0.05, 0) is 37.1 Å². The smallest absolute Gasteiger partial charge is 0.0814 e. The highest BCUT2D eigenvalue weighted by atomic mass is 32.2. The maximum atomic E-state index is 2.56. The molecule has 2 nitrogen and oxygen atoms in total. The summed E-state index contributed by atoms with van der Waals surface area (Å²) in [5.74, 6) is 0.790. The molecule has 3 heteroatoms. The fraction of sp³-hybridized carbons (Fsp3) is 0.368. The van der Waals surface area contributed by atoms with E-state index in [1.807, 2.05) is 11.8 Å². The van der Waals surface area contributed by atoms with Crippen LogP contribution in [0.25, 0.3) is 0 Å². The Labute approximate surface area is 137 Å². The molecule has 0 amide bonds. The van der Waals surface area contributed by atoms with Crippen LogP contribution in [0.2, 0.25) is 0 Å². The average Bonchev–Trinajstić information content (AvgIpc) is 2.55. The normalized spacial score (nSPS) is 23.8. The Balaban J connectivity index is 1.68. The van der Waals surface area contributed by atoms with Crippen LogP contribution in [0.4, 0.5) is 11.4 Å². The molecule has 1 unspecified atom stereocenters. The third-order valence-electron chi connectivity index (χ3n) is 4.83. The van der Waals surface area contributed by atoms with Gasteiger partial charge in [0.05, 0.1) is 31.5 Å². The van der Waals surface area contributed by atoms with E-state index in [-0.39, 0.29) is 0 Å². The van der Waals surface area contributed by atoms with E-state index in [4.69, 9.17) is 0 Å². The lowest BCUT2D eigenvalue weighted by atomic mass is 9.97. The highest BCUT2D eigenvalue weighted by molar-refractivity contribution is 7.99. The van der Waals surface area contributed by atoms with E-state index < -0.39 is 0 Å². The van der Waals surface area contributed by atoms with Gasteiger partial charge >= 0.3 is 0 Å². The first-order valence-corrected chi connectivity index (χ1v) is 9.07. The van der Waals surface area contributed by atoms with E-state index in [1.165, 1.54) is 47.1 Å². The number of piperidine rings is 1. The van der Waals surface area contributed by atoms with Crippen molar-refractivity contribution in [2.24, 2.45) is 5.92 Å². The second kappa shape index (κ2) is 5.98. The number of likely N-dealkylation sites (tertiary alicyclic amines) is 1. The first kappa shape index (κ1) is 14.2. The van der Waals surface area contributed by atoms with Gasteiger partial charge in [-0.1, -0.05) is 36.0 Å². The minimum atomic E-state index is 0.790. The lowest BCUT2D eigenvalue weighted by Gasteiger charge is -2.37. The van der Waals surface area contributed by atoms with Crippen molar-refractivity contribution in [2.45, 2.75) is 22.6 Å². The lowest BCUT2D eigenvalue weighted by Crippen LogP contribution is -3.10. The quantitative estimate of drug-likeness (QED) is 0.911. The summed E-state index contributed by atoms with van der Waals surface area (Å²) in [6.07, 6.45) is 2.73. The van der Waals surface area contributed by atoms with Crippen LogP contribution in [-0.2, 0) is 0 Å². The van der Waals surface area contributed by atoms with Crippen molar-refractivity contribution in [3.05, 3.63) is 48.5 Å². The van der Waals surface area contributed by atoms with Gasteiger partial charge in [0.25, 0.3) is 0 Å². The molecular weight excluding hydrogens is 288 g/mol. The molecule has 0 aliphatic carbocycles. The molecule has 2 aromatic carbocycles. The Morgan fingerprint density at radius 2 is 1.68 bits per heavy atom. The molecule has 0 saturated carbocycles. The standard InChI is InChI=1S/C19H22N2S/c1-20-12-6-7-15(13-20)14-21-16-8-2-4-10-18(16)22-19-11-5-3-9-17(19)21/h2-5,8-11,15H,6-7,12-14H2,1H3/p+1/t15-/m1/s1. The second-order valence-corrected chi connectivity index (χ2v) is 7.65. The highest BCUT2D eigenvalue weighted by Gasteiger charge is 2.28. The van der Waals surface area contributed by atoms with Crippen LogP contribution < -0.4 is 9.80 Å². The van der Waals surface area contributed by atoms with Gasteiger partial charge < -0.3 is 9.80 Å². The van der Waals surface area contributed by atoms with Gasteiger partial charge in [0.15, 0.2) is 0 Å². The minimum absolute atomic E-state index is 0.790. The number of hydrogen-bond acceptors (Lipinski definition) is 2. The number of para-hydroxylation sites is 2. The zero-order chi connectivity index (χ0) is 14.9. The molecule has 1 fully saturated rings. The number of fused-ring (bicyclic) bond motifs is 2. The molecule has 1 N–H and O–H groups in total. The van der Waals surface area contributed by atoms with Gasteiger partial charge in [-0.25, -0.2) is 0 Å². The van der Waals surface area contributed by atoms with Crippen molar-refractivity contribution in [3.63, 3.8) is 0 Å². The largest absolute Gasteiger partial charge is 0.339 e. The van der Waals surface area contributed by atoms with Crippen molar-refractivity contribution in [1.29, 1.82) is 0 Å². The molecule has 0 radical (unpaired) electrons. The monoisotopic (exact) mass is 311 g/mol. The minimum Gasteiger partial charge on any atom is -0.339 e. The van der Waals surface area contributed by atoms with Crippen molar-refractivity contribution >= 4 is 23.1 Å². The third-order valence-corrected chi connectivity index (χ3v) is 5.96. The number of anilines is 2. The number of rotatable bonds is 2. The average molecular weight is 311 g/mol. The van der Waals surface area contributed by atoms with Crippen LogP contribution in [0.3, 0.4) is 0 Å². The molecule has 2 aliphatic rings. The van der Waals surface area contributed by atoms with Crippen molar-refractivity contribution < 1.29 is 4.90 Å². The Kier molecular flexibility index (Phi) is 3.85. The summed E-state index contributed by atoms with van der Waals surface area (Å²) < 4.78 is 0. The molecule has 2 aromatic rings. The van der Waals surface area contributed by atoms with Crippen LogP contribution in [-0.4, -0.2) is 26.7 Å². The van der Waals surface area contributed by atoms with Gasteiger partial charge in [-0.3, -0.25) is 0 Å². The Hall–Kier alpha value is -1.45. The fourth-order valence-electron chi connectivity index (χ4n) is 3.78. The maximum absolute atomic E-state index is 2.56. The molecule has 22 heavy (non-hydrogen) atoms. The lowest BCUT2D eigenvalue weighted by molar-refractivity contribution is -0.888. The van der Waals surface area contributed by atoms with Crippen molar-refractivity contribution in [2.75, 3.05) is 31.6 Å². The van der Waals surface area contributed by atoms with Gasteiger partial charge in [0.2, 0.25) is 0 Å². The van der Waals surface area contributed by atoms with Crippen molar-refractivity contribution in [1.82, 2.24) is 0 Å². The summed E-state index contributed by atoms with van der Waals surface area (Å²) >= 11 is 1.90. The van der Waals surface area contributed by atoms with Gasteiger partial charge in [-0.15, -0.1) is 0 Å². The summed E-state index contributed by atoms with van der Waals surface area (Å²) in [6.45, 7) is 3.78. The molecule has 1 saturated heterocycles. The van der Waals surface area contributed by atoms with Crippen LogP contribution in [0.1, 0.15) is 12.8 Å². The topological polar surface area (TPSA) is 7.68 Å². The van der Waals surface area contributed by atoms with Gasteiger partial charge in [-0.2, -0.15) is 0 Å². The fourth-order valence-corrected chi connectivity index (χ4v) is 4.88. The first-order chi connectivity index (χ1) is 10.8. The molecule has 2 atom stereocenters. The van der Waals surface area contributed by atoms with Crippen LogP contribution in [0.5, 0.6) is 0 Å². The number of nitrogens with zero attached hydrogens (tertiary/aromatic N) is 1. The third kappa shape index (κ3) is 2.64. The van der Waals surface area contributed by atoms with E-state index in [9.17, 15) is 0 Å². The first-order valence-electron chi connectivity index (χ1n) is 8.26. The Bertz CT molecular complexity index is 624. The van der Waals surface area contributed by atoms with Crippen molar-refractivity contribution in [3.8, 4) is 0 Å². The molecule has 4 rings (SSSR count). The molecule has 114 valence electrons. The van der Waals surface area contributed by atoms with Gasteiger partial charge in [0, 0.05) is 22.3 Å². The molecule has 2 aliphatic heterocycles. The molecule has 0 spiro atoms. The zero-order valence-electron chi connectivity index (χ0n) is 13.1. The maximum Gasteiger partial charge on any atom is 0.0814 e. The van der Waals surface area contributed by atoms with E-state index in [1.54, 1.807) is 4.90 Å². The SMILES string of the molecule is C[NH+]1CCC[C@@H](CN2c3ccccc3Sc3ccccc32)C1. The highest BCUT2D eigenvalue weighted by Crippen LogP contribution is 2.48. The Morgan fingerprint density at radius 3 is 2.32 bits per heavy atom. The van der Waals surface area contributed by atoms with E-state index in [0.717, 1.165) is 12.5 Å². The summed E-state index contributed by atoms with van der Waals surface area (Å²) in [4.78, 5) is 7.02. The number of hydrogen-bond donors (Lipinski definition) is 1. The van der Waals surface area contributed by atoms with E-state index >= 15 is 0 Å². The van der Waals surface area contributed by atoms with Crippen LogP contribution in [0.15, 0.2) is 58.3 Å². The van der Waals surface area contributed by atoms with Crippen LogP contribution >= 0.6 is 11.8 Å². The predicted molar refractivity (Wildman–Crippen MR) is 93.4 cm³/mol. The Morgan fingerprint density at radius 1 is 1.05 bits per heavy atom. The van der Waals surface area contributed by atoms with Crippen LogP contribution in [0, 0.1) is 5.92 Å². The molecule has 2 heterocycles. The molecular formula is C19H23N2S+. The van der Waals surface area contributed by atoms with Gasteiger partial charge in [0.1, 0.15) is 0 Å². The zero-order valence-corrected chi connectivity index (χ0v) is 13.9. The molecule has 0 bridgehead atoms. The summed E-state index contributed by atoms with van der Waals surface area (Å²) in [5, 5.41) is 0. The van der Waals surface area contributed by atoms with E-state index in [2.05, 4.69) is 60.5 Å². The summed E-state index contributed by atoms with van der Waals surface area (Å²) in [6, 6.07) is 17.7. The number of nitrogens with one attached hydrogen (secondary N) is 1. The predicted octanol–water partition coefficient (Wildman–Crippen LogP) is 3.21. The molecule has 0 aromatic heterocycles. The number of quaternary nitrogens is 1. The number of benzene rings is 2.